The van der Waals surface area contributed by atoms with Crippen LogP contribution in [0.1, 0.15) is 31.8 Å². The molecule has 36 heavy (non-hydrogen) atoms. The summed E-state index contributed by atoms with van der Waals surface area (Å²) in [4.78, 5) is 70.2. The fraction of sp³-hybridized carbons (Fsp3) is 0.300. The Kier molecular flexibility index (Phi) is 6.89. The third-order valence-electron chi connectivity index (χ3n) is 5.86. The van der Waals surface area contributed by atoms with Crippen molar-refractivity contribution < 1.29 is 29.3 Å². The van der Waals surface area contributed by atoms with Crippen molar-refractivity contribution in [3.63, 3.8) is 0 Å². The molecule has 1 saturated heterocycles. The molecule has 0 N–H and O–H groups in total. The monoisotopic (exact) mass is 502 g/mol. The summed E-state index contributed by atoms with van der Waals surface area (Å²) in [6.45, 7) is 2.42. The molecule has 0 saturated carbocycles. The van der Waals surface area contributed by atoms with Crippen LogP contribution >= 0.6 is 0 Å². The summed E-state index contributed by atoms with van der Waals surface area (Å²) in [6, 6.07) is 3.44. The molecule has 0 bridgehead atoms. The van der Waals surface area contributed by atoms with E-state index in [0.717, 1.165) is 24.3 Å². The van der Waals surface area contributed by atoms with Crippen molar-refractivity contribution in [3.8, 4) is 0 Å². The predicted molar refractivity (Wildman–Crippen MR) is 121 cm³/mol. The third kappa shape index (κ3) is 4.77. The van der Waals surface area contributed by atoms with Gasteiger partial charge < -0.3 is 9.80 Å². The van der Waals surface area contributed by atoms with Crippen LogP contribution in [0.3, 0.4) is 0 Å². The van der Waals surface area contributed by atoms with Crippen molar-refractivity contribution in [2.24, 2.45) is 0 Å². The molecule has 1 heterocycles. The Bertz CT molecular complexity index is 1230. The summed E-state index contributed by atoms with van der Waals surface area (Å²) >= 11 is 0. The maximum Gasteiger partial charge on any atom is 0.279 e. The maximum atomic E-state index is 13.0. The van der Waals surface area contributed by atoms with E-state index in [1.807, 2.05) is 0 Å². The Morgan fingerprint density at radius 1 is 0.611 bits per heavy atom. The van der Waals surface area contributed by atoms with Gasteiger partial charge in [-0.15, -0.1) is 0 Å². The minimum absolute atomic E-state index is 0.0451. The fourth-order valence-corrected chi connectivity index (χ4v) is 3.86. The minimum Gasteiger partial charge on any atom is -0.335 e. The van der Waals surface area contributed by atoms with E-state index in [4.69, 9.17) is 0 Å². The summed E-state index contributed by atoms with van der Waals surface area (Å²) < 4.78 is 0. The van der Waals surface area contributed by atoms with Gasteiger partial charge in [0.05, 0.1) is 43.0 Å². The Morgan fingerprint density at radius 3 is 1.17 bits per heavy atom. The third-order valence-corrected chi connectivity index (χ3v) is 5.86. The molecule has 16 nitrogen and oxygen atoms in total. The van der Waals surface area contributed by atoms with E-state index in [1.165, 1.54) is 23.6 Å². The van der Waals surface area contributed by atoms with Crippen LogP contribution in [0.15, 0.2) is 24.3 Å². The van der Waals surface area contributed by atoms with Crippen molar-refractivity contribution in [2.75, 3.05) is 26.2 Å². The number of piperazine rings is 1. The lowest BCUT2D eigenvalue weighted by Gasteiger charge is -2.35. The van der Waals surface area contributed by atoms with Crippen molar-refractivity contribution in [2.45, 2.75) is 13.8 Å². The van der Waals surface area contributed by atoms with Gasteiger partial charge in [0.2, 0.25) is 0 Å². The molecule has 0 aromatic heterocycles. The number of carbonyl (C=O) groups is 2. The molecule has 16 heteroatoms. The fourth-order valence-electron chi connectivity index (χ4n) is 3.86. The molecule has 0 aliphatic carbocycles. The van der Waals surface area contributed by atoms with E-state index in [0.29, 0.717) is 0 Å². The molecule has 2 amide bonds. The van der Waals surface area contributed by atoms with Crippen molar-refractivity contribution in [1.82, 2.24) is 9.80 Å². The second-order valence-electron chi connectivity index (χ2n) is 7.89. The lowest BCUT2D eigenvalue weighted by atomic mass is 10.0. The quantitative estimate of drug-likeness (QED) is 0.415. The van der Waals surface area contributed by atoms with Crippen LogP contribution < -0.4 is 0 Å². The van der Waals surface area contributed by atoms with Crippen molar-refractivity contribution in [3.05, 3.63) is 87.0 Å². The zero-order valence-corrected chi connectivity index (χ0v) is 18.9. The SMILES string of the molecule is Cc1c(C(=O)N2CCN(C(=O)c3cc([N+](=O)[O-])cc([N+](=O)[O-])c3C)CC2)cc([N+](=O)[O-])cc1[N+](=O)[O-]. The minimum atomic E-state index is -0.847. The highest BCUT2D eigenvalue weighted by Crippen LogP contribution is 2.31. The van der Waals surface area contributed by atoms with Crippen molar-refractivity contribution in [1.29, 1.82) is 0 Å². The summed E-state index contributed by atoms with van der Waals surface area (Å²) in [5, 5.41) is 44.9. The molecule has 0 unspecified atom stereocenters. The van der Waals surface area contributed by atoms with Crippen molar-refractivity contribution >= 4 is 34.6 Å². The first kappa shape index (κ1) is 25.6. The van der Waals surface area contributed by atoms with Crippen LogP contribution in [0.2, 0.25) is 0 Å². The van der Waals surface area contributed by atoms with Crippen LogP contribution in [0.4, 0.5) is 22.7 Å². The van der Waals surface area contributed by atoms with E-state index in [9.17, 15) is 50.0 Å². The summed E-state index contributed by atoms with van der Waals surface area (Å²) in [6.07, 6.45) is 0. The van der Waals surface area contributed by atoms with Gasteiger partial charge >= 0.3 is 0 Å². The first-order valence-corrected chi connectivity index (χ1v) is 10.3. The largest absolute Gasteiger partial charge is 0.335 e. The molecule has 0 radical (unpaired) electrons. The van der Waals surface area contributed by atoms with Crippen LogP contribution in [-0.2, 0) is 0 Å². The smallest absolute Gasteiger partial charge is 0.279 e. The molecule has 2 aromatic rings. The second-order valence-corrected chi connectivity index (χ2v) is 7.89. The van der Waals surface area contributed by atoms with E-state index in [1.54, 1.807) is 0 Å². The van der Waals surface area contributed by atoms with Gasteiger partial charge in [-0.25, -0.2) is 0 Å². The Hall–Kier alpha value is -5.02. The molecular weight excluding hydrogens is 484 g/mol. The number of hydrogen-bond acceptors (Lipinski definition) is 10. The lowest BCUT2D eigenvalue weighted by Crippen LogP contribution is -2.50. The number of benzene rings is 2. The Morgan fingerprint density at radius 2 is 0.917 bits per heavy atom. The van der Waals surface area contributed by atoms with Gasteiger partial charge in [0.15, 0.2) is 0 Å². The highest BCUT2D eigenvalue weighted by atomic mass is 16.6. The average molecular weight is 502 g/mol. The topological polar surface area (TPSA) is 213 Å². The molecule has 1 aliphatic rings. The number of carbonyl (C=O) groups excluding carboxylic acids is 2. The van der Waals surface area contributed by atoms with E-state index in [-0.39, 0.29) is 48.4 Å². The van der Waals surface area contributed by atoms with Crippen LogP contribution in [-0.4, -0.2) is 67.5 Å². The summed E-state index contributed by atoms with van der Waals surface area (Å²) in [7, 11) is 0. The molecule has 0 spiro atoms. The molecule has 1 aliphatic heterocycles. The summed E-state index contributed by atoms with van der Waals surface area (Å²) in [5.74, 6) is -1.40. The second kappa shape index (κ2) is 9.69. The molecular formula is C20H18N6O10. The van der Waals surface area contributed by atoms with Gasteiger partial charge in [0.1, 0.15) is 0 Å². The first-order chi connectivity index (χ1) is 16.8. The predicted octanol–water partition coefficient (Wildman–Crippen LogP) is 2.53. The number of nitro groups is 4. The van der Waals surface area contributed by atoms with Crippen LogP contribution in [0.5, 0.6) is 0 Å². The van der Waals surface area contributed by atoms with E-state index >= 15 is 0 Å². The van der Waals surface area contributed by atoms with E-state index < -0.39 is 54.3 Å². The standard InChI is InChI=1S/C20H18N6O10/c1-11-15(7-13(23(29)30)9-17(11)25(33)34)19(27)21-3-5-22(6-4-21)20(28)16-8-14(24(31)32)10-18(12(16)2)26(35)36/h7-10H,3-6H2,1-2H3. The zero-order valence-electron chi connectivity index (χ0n) is 18.9. The number of hydrogen-bond donors (Lipinski definition) is 0. The normalized spacial score (nSPS) is 13.3. The number of amides is 2. The highest BCUT2D eigenvalue weighted by Gasteiger charge is 2.32. The number of rotatable bonds is 6. The lowest BCUT2D eigenvalue weighted by molar-refractivity contribution is -0.394. The van der Waals surface area contributed by atoms with Gasteiger partial charge in [0, 0.05) is 49.4 Å². The average Bonchev–Trinajstić information content (AvgIpc) is 2.82. The molecule has 2 aromatic carbocycles. The number of nitrogens with zero attached hydrogens (tertiary/aromatic N) is 6. The molecule has 1 fully saturated rings. The van der Waals surface area contributed by atoms with Gasteiger partial charge in [0.25, 0.3) is 34.6 Å². The molecule has 188 valence electrons. The molecule has 0 atom stereocenters. The maximum absolute atomic E-state index is 13.0. The van der Waals surface area contributed by atoms with Gasteiger partial charge in [-0.2, -0.15) is 0 Å². The van der Waals surface area contributed by atoms with Gasteiger partial charge in [-0.05, 0) is 13.8 Å². The summed E-state index contributed by atoms with van der Waals surface area (Å²) in [5.41, 5.74) is -2.93. The first-order valence-electron chi connectivity index (χ1n) is 10.3. The number of nitro benzene ring substituents is 4. The van der Waals surface area contributed by atoms with Gasteiger partial charge in [-0.1, -0.05) is 0 Å². The zero-order chi connectivity index (χ0) is 26.9. The van der Waals surface area contributed by atoms with Crippen LogP contribution in [0, 0.1) is 54.3 Å². The highest BCUT2D eigenvalue weighted by molar-refractivity contribution is 5.99. The number of non-ortho nitro benzene ring substituents is 2. The molecule has 3 rings (SSSR count). The van der Waals surface area contributed by atoms with Gasteiger partial charge in [-0.3, -0.25) is 50.0 Å². The Balaban J connectivity index is 1.85. The Labute approximate surface area is 201 Å². The van der Waals surface area contributed by atoms with E-state index in [2.05, 4.69) is 0 Å². The van der Waals surface area contributed by atoms with Crippen LogP contribution in [0.25, 0.3) is 0 Å².